The highest BCUT2D eigenvalue weighted by molar-refractivity contribution is 5.25. The monoisotopic (exact) mass is 208 g/mol. The van der Waals surface area contributed by atoms with E-state index in [4.69, 9.17) is 0 Å². The molecule has 0 aliphatic heterocycles. The van der Waals surface area contributed by atoms with Crippen molar-refractivity contribution in [3.05, 3.63) is 35.1 Å². The number of halogens is 4. The van der Waals surface area contributed by atoms with Crippen LogP contribution in [0.1, 0.15) is 25.0 Å². The van der Waals surface area contributed by atoms with Gasteiger partial charge in [0.2, 0.25) is 0 Å². The fourth-order valence-electron chi connectivity index (χ4n) is 0.821. The van der Waals surface area contributed by atoms with Gasteiger partial charge in [-0.15, -0.1) is 0 Å². The molecule has 0 fully saturated rings. The quantitative estimate of drug-likeness (QED) is 0.561. The van der Waals surface area contributed by atoms with E-state index in [9.17, 15) is 17.6 Å². The van der Waals surface area contributed by atoms with Gasteiger partial charge in [0, 0.05) is 0 Å². The number of rotatable bonds is 0. The van der Waals surface area contributed by atoms with E-state index in [1.807, 2.05) is 13.8 Å². The van der Waals surface area contributed by atoms with Crippen LogP contribution in [0.15, 0.2) is 18.2 Å². The zero-order valence-corrected chi connectivity index (χ0v) is 8.24. The molecule has 1 aromatic carbocycles. The van der Waals surface area contributed by atoms with E-state index >= 15 is 0 Å². The number of hydrogen-bond acceptors (Lipinski definition) is 0. The molecule has 1 aromatic rings. The number of aryl methyl sites for hydroxylation is 1. The molecule has 0 saturated heterocycles. The highest BCUT2D eigenvalue weighted by Crippen LogP contribution is 2.29. The van der Waals surface area contributed by atoms with Gasteiger partial charge in [0.05, 0.1) is 5.56 Å². The predicted molar refractivity (Wildman–Crippen MR) is 47.5 cm³/mol. The van der Waals surface area contributed by atoms with Gasteiger partial charge >= 0.3 is 6.18 Å². The van der Waals surface area contributed by atoms with Gasteiger partial charge in [-0.2, -0.15) is 13.2 Å². The topological polar surface area (TPSA) is 0 Å². The molecular weight excluding hydrogens is 196 g/mol. The molecule has 0 heterocycles. The first-order valence-corrected chi connectivity index (χ1v) is 4.24. The summed E-state index contributed by atoms with van der Waals surface area (Å²) in [6, 6.07) is 2.33. The molecule has 0 aliphatic carbocycles. The lowest BCUT2D eigenvalue weighted by Gasteiger charge is -2.06. The molecule has 1 rings (SSSR count). The van der Waals surface area contributed by atoms with E-state index in [2.05, 4.69) is 0 Å². The van der Waals surface area contributed by atoms with Crippen molar-refractivity contribution in [2.75, 3.05) is 0 Å². The van der Waals surface area contributed by atoms with Gasteiger partial charge in [-0.3, -0.25) is 0 Å². The summed E-state index contributed by atoms with van der Waals surface area (Å²) in [5.74, 6) is -0.622. The van der Waals surface area contributed by atoms with Crippen molar-refractivity contribution in [3.63, 3.8) is 0 Å². The normalized spacial score (nSPS) is 10.5. The van der Waals surface area contributed by atoms with Gasteiger partial charge < -0.3 is 0 Å². The minimum Gasteiger partial charge on any atom is -0.207 e. The number of alkyl halides is 3. The van der Waals surface area contributed by atoms with Crippen LogP contribution in [0.5, 0.6) is 0 Å². The molecule has 80 valence electrons. The summed E-state index contributed by atoms with van der Waals surface area (Å²) in [5.41, 5.74) is -0.814. The SMILES string of the molecule is CC.Cc1cc(C(F)(F)F)ccc1F. The summed E-state index contributed by atoms with van der Waals surface area (Å²) in [5, 5.41) is 0. The first kappa shape index (κ1) is 12.9. The van der Waals surface area contributed by atoms with Crippen molar-refractivity contribution in [2.24, 2.45) is 0 Å². The van der Waals surface area contributed by atoms with E-state index < -0.39 is 17.6 Å². The highest BCUT2D eigenvalue weighted by Gasteiger charge is 2.30. The Morgan fingerprint density at radius 3 is 1.93 bits per heavy atom. The Morgan fingerprint density at radius 2 is 1.57 bits per heavy atom. The van der Waals surface area contributed by atoms with Crippen LogP contribution in [-0.4, -0.2) is 0 Å². The molecule has 4 heteroatoms. The zero-order valence-electron chi connectivity index (χ0n) is 8.24. The Balaban J connectivity index is 0.000000791. The van der Waals surface area contributed by atoms with Gasteiger partial charge in [-0.05, 0) is 30.7 Å². The van der Waals surface area contributed by atoms with Crippen LogP contribution in [0.2, 0.25) is 0 Å². The van der Waals surface area contributed by atoms with Crippen molar-refractivity contribution in [2.45, 2.75) is 26.9 Å². The summed E-state index contributed by atoms with van der Waals surface area (Å²) in [6.45, 7) is 5.30. The maximum Gasteiger partial charge on any atom is 0.416 e. The van der Waals surface area contributed by atoms with Crippen LogP contribution in [0.25, 0.3) is 0 Å². The largest absolute Gasteiger partial charge is 0.416 e. The van der Waals surface area contributed by atoms with Gasteiger partial charge in [-0.1, -0.05) is 13.8 Å². The van der Waals surface area contributed by atoms with Crippen molar-refractivity contribution >= 4 is 0 Å². The molecule has 0 atom stereocenters. The minimum absolute atomic E-state index is 0.00447. The zero-order chi connectivity index (χ0) is 11.4. The lowest BCUT2D eigenvalue weighted by atomic mass is 10.1. The molecule has 0 unspecified atom stereocenters. The van der Waals surface area contributed by atoms with E-state index in [-0.39, 0.29) is 5.56 Å². The van der Waals surface area contributed by atoms with Crippen LogP contribution in [-0.2, 0) is 6.18 Å². The third kappa shape index (κ3) is 3.36. The van der Waals surface area contributed by atoms with Crippen LogP contribution >= 0.6 is 0 Å². The Bertz CT molecular complexity index is 289. The molecule has 0 amide bonds. The van der Waals surface area contributed by atoms with Gasteiger partial charge in [0.1, 0.15) is 5.82 Å². The maximum absolute atomic E-state index is 12.5. The molecule has 0 spiro atoms. The summed E-state index contributed by atoms with van der Waals surface area (Å²) in [7, 11) is 0. The molecular formula is C10H12F4. The lowest BCUT2D eigenvalue weighted by Crippen LogP contribution is -2.05. The van der Waals surface area contributed by atoms with Crippen molar-refractivity contribution < 1.29 is 17.6 Å². The first-order chi connectivity index (χ1) is 6.41. The maximum atomic E-state index is 12.5. The van der Waals surface area contributed by atoms with Gasteiger partial charge in [-0.25, -0.2) is 4.39 Å². The summed E-state index contributed by atoms with van der Waals surface area (Å²) in [6.07, 6.45) is -4.39. The van der Waals surface area contributed by atoms with Gasteiger partial charge in [0.15, 0.2) is 0 Å². The minimum atomic E-state index is -4.39. The fraction of sp³-hybridized carbons (Fsp3) is 0.400. The van der Waals surface area contributed by atoms with Crippen molar-refractivity contribution in [1.29, 1.82) is 0 Å². The molecule has 0 aromatic heterocycles. The smallest absolute Gasteiger partial charge is 0.207 e. The van der Waals surface area contributed by atoms with Crippen LogP contribution in [0, 0.1) is 12.7 Å². The van der Waals surface area contributed by atoms with Crippen LogP contribution in [0.3, 0.4) is 0 Å². The fourth-order valence-corrected chi connectivity index (χ4v) is 0.821. The van der Waals surface area contributed by atoms with Crippen molar-refractivity contribution in [3.8, 4) is 0 Å². The van der Waals surface area contributed by atoms with E-state index in [1.54, 1.807) is 0 Å². The predicted octanol–water partition coefficient (Wildman–Crippen LogP) is 4.18. The third-order valence-electron chi connectivity index (χ3n) is 1.49. The highest BCUT2D eigenvalue weighted by atomic mass is 19.4. The molecule has 14 heavy (non-hydrogen) atoms. The Labute approximate surface area is 80.6 Å². The van der Waals surface area contributed by atoms with Crippen LogP contribution < -0.4 is 0 Å². The second-order valence-corrected chi connectivity index (χ2v) is 2.46. The summed E-state index contributed by atoms with van der Waals surface area (Å²) in [4.78, 5) is 0. The Morgan fingerprint density at radius 1 is 1.07 bits per heavy atom. The standard InChI is InChI=1S/C8H6F4.C2H6/c1-5-4-6(8(10,11)12)2-3-7(5)9;1-2/h2-4H,1H3;1-2H3. The number of benzene rings is 1. The molecule has 0 nitrogen and oxygen atoms in total. The lowest BCUT2D eigenvalue weighted by molar-refractivity contribution is -0.137. The number of hydrogen-bond donors (Lipinski definition) is 0. The average molecular weight is 208 g/mol. The molecule has 0 aliphatic rings. The third-order valence-corrected chi connectivity index (χ3v) is 1.49. The van der Waals surface area contributed by atoms with Crippen LogP contribution in [0.4, 0.5) is 17.6 Å². The second-order valence-electron chi connectivity index (χ2n) is 2.46. The van der Waals surface area contributed by atoms with Crippen molar-refractivity contribution in [1.82, 2.24) is 0 Å². The Kier molecular flexibility index (Phi) is 4.60. The first-order valence-electron chi connectivity index (χ1n) is 4.24. The van der Waals surface area contributed by atoms with E-state index in [0.717, 1.165) is 18.2 Å². The summed E-state index contributed by atoms with van der Waals surface area (Å²) >= 11 is 0. The summed E-state index contributed by atoms with van der Waals surface area (Å²) < 4.78 is 48.5. The van der Waals surface area contributed by atoms with E-state index in [0.29, 0.717) is 0 Å². The second kappa shape index (κ2) is 4.98. The van der Waals surface area contributed by atoms with E-state index in [1.165, 1.54) is 6.92 Å². The molecule has 0 bridgehead atoms. The Hall–Kier alpha value is -1.06. The average Bonchev–Trinajstić information content (AvgIpc) is 2.11. The van der Waals surface area contributed by atoms with Gasteiger partial charge in [0.25, 0.3) is 0 Å². The molecule has 0 saturated carbocycles. The molecule has 0 radical (unpaired) electrons. The molecule has 0 N–H and O–H groups in total.